The predicted octanol–water partition coefficient (Wildman–Crippen LogP) is 4.95. The molecule has 2 aromatic rings. The van der Waals surface area contributed by atoms with Gasteiger partial charge in [-0.05, 0) is 86.8 Å². The number of nitrogens with zero attached hydrogens (tertiary/aromatic N) is 1. The monoisotopic (exact) mass is 353 g/mol. The number of thiocarbonyl (C=S) groups is 1. The summed E-state index contributed by atoms with van der Waals surface area (Å²) in [5.74, 6) is 0. The van der Waals surface area contributed by atoms with Crippen molar-refractivity contribution in [3.63, 3.8) is 0 Å². The van der Waals surface area contributed by atoms with Gasteiger partial charge in [-0.2, -0.15) is 0 Å². The molecule has 0 aromatic heterocycles. The molecule has 132 valence electrons. The van der Waals surface area contributed by atoms with Gasteiger partial charge in [-0.25, -0.2) is 0 Å². The van der Waals surface area contributed by atoms with Crippen LogP contribution in [0.2, 0.25) is 0 Å². The largest absolute Gasteiger partial charge is 0.372 e. The van der Waals surface area contributed by atoms with Gasteiger partial charge in [0.05, 0.1) is 6.04 Å². The smallest absolute Gasteiger partial charge is 0.171 e. The summed E-state index contributed by atoms with van der Waals surface area (Å²) < 4.78 is 0. The Morgan fingerprint density at radius 2 is 1.60 bits per heavy atom. The number of anilines is 2. The molecule has 2 aromatic carbocycles. The standard InChI is InChI=1S/C21H27N3S/c1-15-12-16(2)14-19(13-15)23-21(25)22-17(3)18-6-8-20(9-7-18)24-10-4-5-11-24/h6-9,12-14,17H,4-5,10-11H2,1-3H3,(H2,22,23,25)/t17-/m0/s1. The van der Waals surface area contributed by atoms with Crippen LogP contribution in [0.25, 0.3) is 0 Å². The Morgan fingerprint density at radius 1 is 1.00 bits per heavy atom. The highest BCUT2D eigenvalue weighted by Crippen LogP contribution is 2.23. The minimum Gasteiger partial charge on any atom is -0.372 e. The lowest BCUT2D eigenvalue weighted by atomic mass is 10.1. The number of benzene rings is 2. The van der Waals surface area contributed by atoms with Crippen molar-refractivity contribution in [2.75, 3.05) is 23.3 Å². The van der Waals surface area contributed by atoms with Crippen LogP contribution >= 0.6 is 12.2 Å². The molecule has 1 saturated heterocycles. The molecule has 1 fully saturated rings. The molecule has 1 aliphatic rings. The molecule has 0 spiro atoms. The molecule has 0 radical (unpaired) electrons. The second kappa shape index (κ2) is 7.87. The van der Waals surface area contributed by atoms with Crippen molar-refractivity contribution < 1.29 is 0 Å². The van der Waals surface area contributed by atoms with Gasteiger partial charge in [-0.15, -0.1) is 0 Å². The molecule has 0 aliphatic carbocycles. The number of nitrogens with one attached hydrogen (secondary N) is 2. The van der Waals surface area contributed by atoms with Crippen molar-refractivity contribution in [2.45, 2.75) is 39.7 Å². The van der Waals surface area contributed by atoms with E-state index in [9.17, 15) is 0 Å². The van der Waals surface area contributed by atoms with E-state index < -0.39 is 0 Å². The van der Waals surface area contributed by atoms with Gasteiger partial charge in [0.1, 0.15) is 0 Å². The number of hydrogen-bond acceptors (Lipinski definition) is 2. The van der Waals surface area contributed by atoms with Crippen LogP contribution < -0.4 is 15.5 Å². The van der Waals surface area contributed by atoms with E-state index in [0.717, 1.165) is 5.69 Å². The first-order valence-electron chi connectivity index (χ1n) is 9.02. The Labute approximate surface area is 156 Å². The van der Waals surface area contributed by atoms with Crippen LogP contribution in [0.3, 0.4) is 0 Å². The van der Waals surface area contributed by atoms with Crippen molar-refractivity contribution >= 4 is 28.7 Å². The van der Waals surface area contributed by atoms with E-state index in [-0.39, 0.29) is 6.04 Å². The molecular weight excluding hydrogens is 326 g/mol. The number of aryl methyl sites for hydroxylation is 2. The van der Waals surface area contributed by atoms with Gasteiger partial charge < -0.3 is 15.5 Å². The molecule has 0 unspecified atom stereocenters. The van der Waals surface area contributed by atoms with Gasteiger partial charge >= 0.3 is 0 Å². The summed E-state index contributed by atoms with van der Waals surface area (Å²) in [5.41, 5.74) is 6.06. The van der Waals surface area contributed by atoms with Crippen LogP contribution in [0.15, 0.2) is 42.5 Å². The quantitative estimate of drug-likeness (QED) is 0.761. The molecular formula is C21H27N3S. The van der Waals surface area contributed by atoms with E-state index in [1.165, 1.54) is 48.3 Å². The predicted molar refractivity (Wildman–Crippen MR) is 112 cm³/mol. The molecule has 3 nitrogen and oxygen atoms in total. The molecule has 2 N–H and O–H groups in total. The lowest BCUT2D eigenvalue weighted by Crippen LogP contribution is -2.31. The second-order valence-electron chi connectivity index (χ2n) is 6.98. The zero-order valence-corrected chi connectivity index (χ0v) is 16.1. The Hall–Kier alpha value is -2.07. The summed E-state index contributed by atoms with van der Waals surface area (Å²) >= 11 is 5.48. The van der Waals surface area contributed by atoms with Crippen LogP contribution in [0.4, 0.5) is 11.4 Å². The minimum atomic E-state index is 0.165. The minimum absolute atomic E-state index is 0.165. The average molecular weight is 354 g/mol. The Kier molecular flexibility index (Phi) is 5.59. The molecule has 25 heavy (non-hydrogen) atoms. The first-order chi connectivity index (χ1) is 12.0. The summed E-state index contributed by atoms with van der Waals surface area (Å²) in [6.45, 7) is 8.69. The van der Waals surface area contributed by atoms with E-state index in [1.54, 1.807) is 0 Å². The third-order valence-corrected chi connectivity index (χ3v) is 4.91. The summed E-state index contributed by atoms with van der Waals surface area (Å²) in [7, 11) is 0. The Bertz CT molecular complexity index is 713. The SMILES string of the molecule is Cc1cc(C)cc(NC(=S)N[C@@H](C)c2ccc(N3CCCC3)cc2)c1. The molecule has 4 heteroatoms. The summed E-state index contributed by atoms with van der Waals surface area (Å²) in [4.78, 5) is 2.45. The van der Waals surface area contributed by atoms with Crippen molar-refractivity contribution in [2.24, 2.45) is 0 Å². The van der Waals surface area contributed by atoms with Crippen LogP contribution in [0.1, 0.15) is 42.5 Å². The van der Waals surface area contributed by atoms with E-state index >= 15 is 0 Å². The molecule has 1 heterocycles. The van der Waals surface area contributed by atoms with Crippen LogP contribution in [-0.4, -0.2) is 18.2 Å². The van der Waals surface area contributed by atoms with Gasteiger partial charge in [-0.3, -0.25) is 0 Å². The van der Waals surface area contributed by atoms with E-state index in [0.29, 0.717) is 5.11 Å². The highest BCUT2D eigenvalue weighted by atomic mass is 32.1. The fraction of sp³-hybridized carbons (Fsp3) is 0.381. The first kappa shape index (κ1) is 17.7. The van der Waals surface area contributed by atoms with Crippen LogP contribution in [-0.2, 0) is 0 Å². The van der Waals surface area contributed by atoms with Gasteiger partial charge in [0.2, 0.25) is 0 Å². The van der Waals surface area contributed by atoms with Gasteiger partial charge in [0, 0.05) is 24.5 Å². The van der Waals surface area contributed by atoms with Crippen molar-refractivity contribution in [1.29, 1.82) is 0 Å². The van der Waals surface area contributed by atoms with E-state index in [1.807, 2.05) is 0 Å². The molecule has 0 amide bonds. The average Bonchev–Trinajstić information content (AvgIpc) is 3.08. The lowest BCUT2D eigenvalue weighted by Gasteiger charge is -2.20. The fourth-order valence-electron chi connectivity index (χ4n) is 3.44. The van der Waals surface area contributed by atoms with Crippen molar-refractivity contribution in [3.05, 3.63) is 59.2 Å². The topological polar surface area (TPSA) is 27.3 Å². The van der Waals surface area contributed by atoms with Gasteiger partial charge in [0.15, 0.2) is 5.11 Å². The molecule has 0 saturated carbocycles. The van der Waals surface area contributed by atoms with Crippen molar-refractivity contribution in [3.8, 4) is 0 Å². The zero-order chi connectivity index (χ0) is 17.8. The normalized spacial score (nSPS) is 15.1. The highest BCUT2D eigenvalue weighted by Gasteiger charge is 2.13. The van der Waals surface area contributed by atoms with Gasteiger partial charge in [0.25, 0.3) is 0 Å². The van der Waals surface area contributed by atoms with E-state index in [4.69, 9.17) is 12.2 Å². The fourth-order valence-corrected chi connectivity index (χ4v) is 3.74. The third-order valence-electron chi connectivity index (χ3n) is 4.69. The van der Waals surface area contributed by atoms with E-state index in [2.05, 4.69) is 78.8 Å². The maximum absolute atomic E-state index is 5.48. The maximum Gasteiger partial charge on any atom is 0.171 e. The van der Waals surface area contributed by atoms with Gasteiger partial charge in [-0.1, -0.05) is 18.2 Å². The first-order valence-corrected chi connectivity index (χ1v) is 9.43. The lowest BCUT2D eigenvalue weighted by molar-refractivity contribution is 0.722. The molecule has 1 atom stereocenters. The van der Waals surface area contributed by atoms with Crippen LogP contribution in [0.5, 0.6) is 0 Å². The summed E-state index contributed by atoms with van der Waals surface area (Å²) in [5, 5.41) is 7.33. The Balaban J connectivity index is 1.59. The third kappa shape index (κ3) is 4.73. The molecule has 3 rings (SSSR count). The summed E-state index contributed by atoms with van der Waals surface area (Å²) in [6, 6.07) is 15.4. The molecule has 1 aliphatic heterocycles. The summed E-state index contributed by atoms with van der Waals surface area (Å²) in [6.07, 6.45) is 2.61. The Morgan fingerprint density at radius 3 is 2.20 bits per heavy atom. The number of rotatable bonds is 4. The number of hydrogen-bond donors (Lipinski definition) is 2. The molecule has 0 bridgehead atoms. The van der Waals surface area contributed by atoms with Crippen molar-refractivity contribution in [1.82, 2.24) is 5.32 Å². The zero-order valence-electron chi connectivity index (χ0n) is 15.3. The second-order valence-corrected chi connectivity index (χ2v) is 7.39. The maximum atomic E-state index is 5.48. The van der Waals surface area contributed by atoms with Crippen LogP contribution in [0, 0.1) is 13.8 Å². The highest BCUT2D eigenvalue weighted by molar-refractivity contribution is 7.80.